The molecule has 3 N–H and O–H groups in total. The highest BCUT2D eigenvalue weighted by atomic mass is 32.2. The molecule has 0 unspecified atom stereocenters. The fraction of sp³-hybridized carbons (Fsp3) is 0.231. The lowest BCUT2D eigenvalue weighted by molar-refractivity contribution is 0.0963. The van der Waals surface area contributed by atoms with Gasteiger partial charge in [0.25, 0.3) is 15.9 Å². The molecule has 0 bridgehead atoms. The Hall–Kier alpha value is -2.35. The number of H-pyrrole nitrogens is 1. The van der Waals surface area contributed by atoms with Crippen LogP contribution >= 0.6 is 0 Å². The zero-order chi connectivity index (χ0) is 15.5. The minimum atomic E-state index is -3.72. The summed E-state index contributed by atoms with van der Waals surface area (Å²) >= 11 is 0. The highest BCUT2D eigenvalue weighted by molar-refractivity contribution is 7.92. The van der Waals surface area contributed by atoms with Gasteiger partial charge >= 0.3 is 0 Å². The number of amides is 1. The molecule has 21 heavy (non-hydrogen) atoms. The summed E-state index contributed by atoms with van der Waals surface area (Å²) in [4.78, 5) is 11.5. The Labute approximate surface area is 122 Å². The lowest BCUT2D eigenvalue weighted by atomic mass is 10.2. The summed E-state index contributed by atoms with van der Waals surface area (Å²) in [6, 6.07) is 7.29. The monoisotopic (exact) mass is 308 g/mol. The van der Waals surface area contributed by atoms with Crippen molar-refractivity contribution in [1.29, 1.82) is 0 Å². The van der Waals surface area contributed by atoms with Gasteiger partial charge in [-0.2, -0.15) is 5.10 Å². The number of anilines is 1. The van der Waals surface area contributed by atoms with Crippen LogP contribution in [0.25, 0.3) is 0 Å². The van der Waals surface area contributed by atoms with E-state index in [1.54, 1.807) is 6.07 Å². The van der Waals surface area contributed by atoms with E-state index in [1.165, 1.54) is 31.3 Å². The van der Waals surface area contributed by atoms with E-state index in [9.17, 15) is 13.2 Å². The molecule has 0 spiro atoms. The van der Waals surface area contributed by atoms with Gasteiger partial charge in [0.2, 0.25) is 0 Å². The largest absolute Gasteiger partial charge is 0.355 e. The maximum atomic E-state index is 12.2. The second-order valence-electron chi connectivity index (χ2n) is 4.34. The lowest BCUT2D eigenvalue weighted by Gasteiger charge is -2.06. The van der Waals surface area contributed by atoms with Gasteiger partial charge in [-0.05, 0) is 30.7 Å². The summed E-state index contributed by atoms with van der Waals surface area (Å²) < 4.78 is 26.7. The molecule has 1 heterocycles. The second-order valence-corrected chi connectivity index (χ2v) is 6.02. The molecule has 2 rings (SSSR count). The average molecular weight is 308 g/mol. The van der Waals surface area contributed by atoms with Gasteiger partial charge in [0.05, 0.1) is 4.90 Å². The minimum absolute atomic E-state index is 0.0659. The van der Waals surface area contributed by atoms with Crippen LogP contribution in [0.15, 0.2) is 35.2 Å². The molecular weight excluding hydrogens is 292 g/mol. The molecule has 112 valence electrons. The van der Waals surface area contributed by atoms with E-state index in [1.807, 2.05) is 6.92 Å². The summed E-state index contributed by atoms with van der Waals surface area (Å²) in [6.07, 6.45) is 0.732. The van der Waals surface area contributed by atoms with Crippen molar-refractivity contribution in [2.24, 2.45) is 0 Å². The van der Waals surface area contributed by atoms with Crippen LogP contribution in [0.3, 0.4) is 0 Å². The van der Waals surface area contributed by atoms with Crippen LogP contribution in [0.5, 0.6) is 0 Å². The first-order valence-corrected chi connectivity index (χ1v) is 7.84. The number of rotatable bonds is 5. The van der Waals surface area contributed by atoms with Crippen molar-refractivity contribution in [3.8, 4) is 0 Å². The van der Waals surface area contributed by atoms with E-state index in [2.05, 4.69) is 20.2 Å². The molecule has 7 nitrogen and oxygen atoms in total. The van der Waals surface area contributed by atoms with E-state index in [0.717, 1.165) is 12.1 Å². The molecule has 1 aromatic heterocycles. The molecule has 0 atom stereocenters. The number of aryl methyl sites for hydroxylation is 1. The van der Waals surface area contributed by atoms with Gasteiger partial charge in [-0.25, -0.2) is 8.42 Å². The highest BCUT2D eigenvalue weighted by Crippen LogP contribution is 2.16. The normalized spacial score (nSPS) is 11.1. The number of hydrogen-bond donors (Lipinski definition) is 3. The molecule has 8 heteroatoms. The molecule has 0 saturated carbocycles. The van der Waals surface area contributed by atoms with E-state index >= 15 is 0 Å². The molecule has 0 aliphatic carbocycles. The van der Waals surface area contributed by atoms with Gasteiger partial charge in [0.15, 0.2) is 5.82 Å². The first-order chi connectivity index (χ1) is 9.96. The standard InChI is InChI=1S/C13H16N4O3S/c1-3-10-8-12(16-15-10)17-21(19,20)11-6-4-9(5-7-11)13(18)14-2/h4-8H,3H2,1-2H3,(H,14,18)(H2,15,16,17). The van der Waals surface area contributed by atoms with Crippen LogP contribution in [0.1, 0.15) is 23.0 Å². The summed E-state index contributed by atoms with van der Waals surface area (Å²) in [5.74, 6) is -0.0333. The third kappa shape index (κ3) is 3.40. The third-order valence-corrected chi connectivity index (χ3v) is 4.28. The van der Waals surface area contributed by atoms with E-state index in [0.29, 0.717) is 5.56 Å². The molecule has 1 aromatic carbocycles. The van der Waals surface area contributed by atoms with Crippen molar-refractivity contribution >= 4 is 21.7 Å². The summed E-state index contributed by atoms with van der Waals surface area (Å²) in [7, 11) is -2.21. The third-order valence-electron chi connectivity index (χ3n) is 2.90. The van der Waals surface area contributed by atoms with Crippen LogP contribution in [0.2, 0.25) is 0 Å². The number of hydrogen-bond acceptors (Lipinski definition) is 4. The first kappa shape index (κ1) is 15.0. The van der Waals surface area contributed by atoms with Crippen LogP contribution in [-0.4, -0.2) is 31.6 Å². The van der Waals surface area contributed by atoms with Gasteiger partial charge in [-0.1, -0.05) is 6.92 Å². The van der Waals surface area contributed by atoms with Crippen LogP contribution in [0, 0.1) is 0 Å². The summed E-state index contributed by atoms with van der Waals surface area (Å²) in [6.45, 7) is 1.93. The van der Waals surface area contributed by atoms with Crippen molar-refractivity contribution in [3.05, 3.63) is 41.6 Å². The van der Waals surface area contributed by atoms with Crippen molar-refractivity contribution in [2.75, 3.05) is 11.8 Å². The molecule has 0 radical (unpaired) electrons. The maximum Gasteiger partial charge on any atom is 0.263 e. The maximum absolute atomic E-state index is 12.2. The Morgan fingerprint density at radius 1 is 1.29 bits per heavy atom. The predicted octanol–water partition coefficient (Wildman–Crippen LogP) is 1.13. The highest BCUT2D eigenvalue weighted by Gasteiger charge is 2.16. The predicted molar refractivity (Wildman–Crippen MR) is 78.6 cm³/mol. The molecule has 0 aliphatic rings. The smallest absolute Gasteiger partial charge is 0.263 e. The van der Waals surface area contributed by atoms with Crippen molar-refractivity contribution in [3.63, 3.8) is 0 Å². The van der Waals surface area contributed by atoms with Crippen LogP contribution < -0.4 is 10.0 Å². The Morgan fingerprint density at radius 2 is 1.95 bits per heavy atom. The molecular formula is C13H16N4O3S. The van der Waals surface area contributed by atoms with Crippen LogP contribution in [-0.2, 0) is 16.4 Å². The van der Waals surface area contributed by atoms with Gasteiger partial charge in [-0.3, -0.25) is 14.6 Å². The number of nitrogens with zero attached hydrogens (tertiary/aromatic N) is 1. The SMILES string of the molecule is CCc1cc(NS(=O)(=O)c2ccc(C(=O)NC)cc2)n[nH]1. The average Bonchev–Trinajstić information content (AvgIpc) is 2.93. The Morgan fingerprint density at radius 3 is 2.48 bits per heavy atom. The molecule has 0 fully saturated rings. The zero-order valence-electron chi connectivity index (χ0n) is 11.7. The van der Waals surface area contributed by atoms with Crippen molar-refractivity contribution < 1.29 is 13.2 Å². The molecule has 0 saturated heterocycles. The minimum Gasteiger partial charge on any atom is -0.355 e. The fourth-order valence-corrected chi connectivity index (χ4v) is 2.71. The van der Waals surface area contributed by atoms with Gasteiger partial charge in [0.1, 0.15) is 0 Å². The van der Waals surface area contributed by atoms with Crippen molar-refractivity contribution in [2.45, 2.75) is 18.2 Å². The molecule has 0 aliphatic heterocycles. The number of sulfonamides is 1. The number of benzene rings is 1. The fourth-order valence-electron chi connectivity index (χ4n) is 1.72. The summed E-state index contributed by atoms with van der Waals surface area (Å²) in [5.41, 5.74) is 1.23. The first-order valence-electron chi connectivity index (χ1n) is 6.35. The molecule has 2 aromatic rings. The number of aromatic amines is 1. The summed E-state index contributed by atoms with van der Waals surface area (Å²) in [5, 5.41) is 9.08. The number of nitrogens with one attached hydrogen (secondary N) is 3. The van der Waals surface area contributed by atoms with Gasteiger partial charge in [0, 0.05) is 24.4 Å². The van der Waals surface area contributed by atoms with Gasteiger partial charge < -0.3 is 5.32 Å². The number of carbonyl (C=O) groups excluding carboxylic acids is 1. The topological polar surface area (TPSA) is 104 Å². The van der Waals surface area contributed by atoms with E-state index in [-0.39, 0.29) is 16.6 Å². The van der Waals surface area contributed by atoms with Crippen LogP contribution in [0.4, 0.5) is 5.82 Å². The van der Waals surface area contributed by atoms with Gasteiger partial charge in [-0.15, -0.1) is 0 Å². The Balaban J connectivity index is 2.21. The second kappa shape index (κ2) is 5.96. The number of carbonyl (C=O) groups is 1. The van der Waals surface area contributed by atoms with Crippen molar-refractivity contribution in [1.82, 2.24) is 15.5 Å². The number of aromatic nitrogens is 2. The van der Waals surface area contributed by atoms with E-state index < -0.39 is 10.0 Å². The lowest BCUT2D eigenvalue weighted by Crippen LogP contribution is -2.18. The zero-order valence-corrected chi connectivity index (χ0v) is 12.5. The Kier molecular flexibility index (Phi) is 4.27. The molecule has 1 amide bonds. The Bertz CT molecular complexity index is 735. The van der Waals surface area contributed by atoms with E-state index in [4.69, 9.17) is 0 Å². The quantitative estimate of drug-likeness (QED) is 0.770.